The van der Waals surface area contributed by atoms with Crippen LogP contribution in [0.4, 0.5) is 0 Å². The Morgan fingerprint density at radius 1 is 1.39 bits per heavy atom. The van der Waals surface area contributed by atoms with E-state index in [9.17, 15) is 4.79 Å². The lowest BCUT2D eigenvalue weighted by molar-refractivity contribution is -0.134. The summed E-state index contributed by atoms with van der Waals surface area (Å²) in [5.41, 5.74) is 1.16. The van der Waals surface area contributed by atoms with Crippen molar-refractivity contribution < 1.29 is 4.79 Å². The lowest BCUT2D eigenvalue weighted by Gasteiger charge is -2.33. The van der Waals surface area contributed by atoms with Crippen molar-refractivity contribution in [2.24, 2.45) is 5.92 Å². The van der Waals surface area contributed by atoms with Crippen LogP contribution in [-0.2, 0) is 4.79 Å². The topological polar surface area (TPSA) is 20.3 Å². The Balaban J connectivity index is 2.10. The van der Waals surface area contributed by atoms with Crippen molar-refractivity contribution in [3.8, 4) is 0 Å². The average molecular weight is 245 g/mol. The van der Waals surface area contributed by atoms with E-state index in [4.69, 9.17) is 0 Å². The molecule has 1 aromatic rings. The Morgan fingerprint density at radius 3 is 2.72 bits per heavy atom. The van der Waals surface area contributed by atoms with Crippen molar-refractivity contribution in [1.29, 1.82) is 0 Å². The van der Waals surface area contributed by atoms with Crippen LogP contribution in [0.15, 0.2) is 30.3 Å². The average Bonchev–Trinajstić information content (AvgIpc) is 2.41. The van der Waals surface area contributed by atoms with Crippen molar-refractivity contribution in [2.45, 2.75) is 39.0 Å². The summed E-state index contributed by atoms with van der Waals surface area (Å²) in [6.07, 6.45) is 3.29. The van der Waals surface area contributed by atoms with Crippen LogP contribution >= 0.6 is 0 Å². The van der Waals surface area contributed by atoms with E-state index in [1.165, 1.54) is 6.42 Å². The predicted molar refractivity (Wildman–Crippen MR) is 74.5 cm³/mol. The maximum Gasteiger partial charge on any atom is 0.230 e. The summed E-state index contributed by atoms with van der Waals surface area (Å²) >= 11 is 0. The van der Waals surface area contributed by atoms with Gasteiger partial charge in [0.25, 0.3) is 0 Å². The Bertz CT molecular complexity index is 387. The number of benzene rings is 1. The highest BCUT2D eigenvalue weighted by Crippen LogP contribution is 2.25. The van der Waals surface area contributed by atoms with Crippen molar-refractivity contribution in [3.05, 3.63) is 35.9 Å². The molecule has 0 aliphatic carbocycles. The van der Waals surface area contributed by atoms with E-state index in [1.807, 2.05) is 18.2 Å². The molecule has 1 heterocycles. The maximum absolute atomic E-state index is 12.6. The Hall–Kier alpha value is -1.31. The molecule has 0 spiro atoms. The van der Waals surface area contributed by atoms with E-state index in [-0.39, 0.29) is 5.92 Å². The van der Waals surface area contributed by atoms with Gasteiger partial charge in [0, 0.05) is 13.1 Å². The molecular weight excluding hydrogens is 222 g/mol. The third kappa shape index (κ3) is 2.92. The van der Waals surface area contributed by atoms with Crippen LogP contribution in [0.25, 0.3) is 0 Å². The molecule has 1 aromatic carbocycles. The van der Waals surface area contributed by atoms with Crippen LogP contribution in [0.3, 0.4) is 0 Å². The lowest BCUT2D eigenvalue weighted by atomic mass is 9.92. The zero-order valence-corrected chi connectivity index (χ0v) is 11.4. The van der Waals surface area contributed by atoms with Crippen molar-refractivity contribution >= 4 is 5.91 Å². The van der Waals surface area contributed by atoms with E-state index in [2.05, 4.69) is 30.9 Å². The fourth-order valence-corrected chi connectivity index (χ4v) is 2.85. The molecule has 18 heavy (non-hydrogen) atoms. The molecule has 0 N–H and O–H groups in total. The minimum atomic E-state index is 0.0384. The third-order valence-electron chi connectivity index (χ3n) is 3.88. The number of carbonyl (C=O) groups is 1. The molecule has 2 nitrogen and oxygen atoms in total. The maximum atomic E-state index is 12.6. The van der Waals surface area contributed by atoms with Crippen molar-refractivity contribution in [1.82, 2.24) is 4.90 Å². The Labute approximate surface area is 110 Å². The first-order valence-corrected chi connectivity index (χ1v) is 7.06. The minimum absolute atomic E-state index is 0.0384. The van der Waals surface area contributed by atoms with Gasteiger partial charge < -0.3 is 4.90 Å². The first-order valence-electron chi connectivity index (χ1n) is 7.06. The zero-order valence-electron chi connectivity index (χ0n) is 11.4. The highest BCUT2D eigenvalue weighted by Gasteiger charge is 2.27. The molecule has 2 atom stereocenters. The molecule has 2 rings (SSSR count). The number of carbonyl (C=O) groups excluding carboxylic acids is 1. The SMILES string of the molecule is CC[C@H](C(=O)N1CCC[C@H](C)C1)c1ccccc1. The number of rotatable bonds is 3. The van der Waals surface area contributed by atoms with Gasteiger partial charge >= 0.3 is 0 Å². The Morgan fingerprint density at radius 2 is 2.11 bits per heavy atom. The van der Waals surface area contributed by atoms with Gasteiger partial charge in [-0.1, -0.05) is 44.2 Å². The zero-order chi connectivity index (χ0) is 13.0. The molecule has 1 fully saturated rings. The number of nitrogens with zero attached hydrogens (tertiary/aromatic N) is 1. The second kappa shape index (κ2) is 6.03. The largest absolute Gasteiger partial charge is 0.342 e. The van der Waals surface area contributed by atoms with Gasteiger partial charge in [-0.2, -0.15) is 0 Å². The fourth-order valence-electron chi connectivity index (χ4n) is 2.85. The number of hydrogen-bond acceptors (Lipinski definition) is 1. The van der Waals surface area contributed by atoms with Crippen LogP contribution in [0.5, 0.6) is 0 Å². The second-order valence-corrected chi connectivity index (χ2v) is 5.40. The van der Waals surface area contributed by atoms with Gasteiger partial charge in [0.2, 0.25) is 5.91 Å². The highest BCUT2D eigenvalue weighted by atomic mass is 16.2. The van der Waals surface area contributed by atoms with Crippen LogP contribution in [0, 0.1) is 5.92 Å². The quantitative estimate of drug-likeness (QED) is 0.799. The van der Waals surface area contributed by atoms with Gasteiger partial charge in [-0.15, -0.1) is 0 Å². The van der Waals surface area contributed by atoms with Crippen molar-refractivity contribution in [2.75, 3.05) is 13.1 Å². The number of piperidine rings is 1. The van der Waals surface area contributed by atoms with E-state index in [1.54, 1.807) is 0 Å². The van der Waals surface area contributed by atoms with Gasteiger partial charge in [0.1, 0.15) is 0 Å². The summed E-state index contributed by atoms with van der Waals surface area (Å²) in [5, 5.41) is 0. The normalized spacial score (nSPS) is 21.7. The molecule has 0 radical (unpaired) electrons. The van der Waals surface area contributed by atoms with Crippen LogP contribution in [-0.4, -0.2) is 23.9 Å². The van der Waals surface area contributed by atoms with Crippen LogP contribution in [0.2, 0.25) is 0 Å². The van der Waals surface area contributed by atoms with Crippen LogP contribution < -0.4 is 0 Å². The molecule has 0 saturated carbocycles. The second-order valence-electron chi connectivity index (χ2n) is 5.40. The summed E-state index contributed by atoms with van der Waals surface area (Å²) < 4.78 is 0. The Kier molecular flexibility index (Phi) is 4.40. The van der Waals surface area contributed by atoms with Gasteiger partial charge in [-0.25, -0.2) is 0 Å². The van der Waals surface area contributed by atoms with E-state index in [0.29, 0.717) is 11.8 Å². The minimum Gasteiger partial charge on any atom is -0.342 e. The van der Waals surface area contributed by atoms with E-state index in [0.717, 1.165) is 31.5 Å². The summed E-state index contributed by atoms with van der Waals surface area (Å²) in [6, 6.07) is 10.2. The predicted octanol–water partition coefficient (Wildman–Crippen LogP) is 3.44. The van der Waals surface area contributed by atoms with Crippen molar-refractivity contribution in [3.63, 3.8) is 0 Å². The van der Waals surface area contributed by atoms with Gasteiger partial charge in [-0.3, -0.25) is 4.79 Å². The van der Waals surface area contributed by atoms with E-state index < -0.39 is 0 Å². The molecule has 98 valence electrons. The highest BCUT2D eigenvalue weighted by molar-refractivity contribution is 5.83. The lowest BCUT2D eigenvalue weighted by Crippen LogP contribution is -2.41. The molecule has 2 heteroatoms. The number of amides is 1. The fraction of sp³-hybridized carbons (Fsp3) is 0.562. The summed E-state index contributed by atoms with van der Waals surface area (Å²) in [4.78, 5) is 14.7. The van der Waals surface area contributed by atoms with E-state index >= 15 is 0 Å². The molecule has 1 aliphatic rings. The summed E-state index contributed by atoms with van der Waals surface area (Å²) in [7, 11) is 0. The van der Waals surface area contributed by atoms with Crippen LogP contribution in [0.1, 0.15) is 44.6 Å². The summed E-state index contributed by atoms with van der Waals surface area (Å²) in [6.45, 7) is 6.21. The third-order valence-corrected chi connectivity index (χ3v) is 3.88. The molecule has 1 amide bonds. The molecule has 1 saturated heterocycles. The first kappa shape index (κ1) is 13.1. The standard InChI is InChI=1S/C16H23NO/c1-3-15(14-9-5-4-6-10-14)16(18)17-11-7-8-13(2)12-17/h4-6,9-10,13,15H,3,7-8,11-12H2,1-2H3/t13-,15-/m0/s1. The molecule has 0 aromatic heterocycles. The van der Waals surface area contributed by atoms with Gasteiger partial charge in [-0.05, 0) is 30.7 Å². The summed E-state index contributed by atoms with van der Waals surface area (Å²) in [5.74, 6) is 1.00. The number of likely N-dealkylation sites (tertiary alicyclic amines) is 1. The molecule has 0 bridgehead atoms. The molecule has 1 aliphatic heterocycles. The smallest absolute Gasteiger partial charge is 0.230 e. The monoisotopic (exact) mass is 245 g/mol. The van der Waals surface area contributed by atoms with Gasteiger partial charge in [0.15, 0.2) is 0 Å². The molecule has 0 unspecified atom stereocenters. The molecular formula is C16H23NO. The number of hydrogen-bond donors (Lipinski definition) is 0. The first-order chi connectivity index (χ1) is 8.72. The van der Waals surface area contributed by atoms with Gasteiger partial charge in [0.05, 0.1) is 5.92 Å².